The number of rotatable bonds is 4. The lowest BCUT2D eigenvalue weighted by Gasteiger charge is -2.13. The fraction of sp³-hybridized carbons (Fsp3) is 0.333. The summed E-state index contributed by atoms with van der Waals surface area (Å²) >= 11 is 0. The van der Waals surface area contributed by atoms with Crippen molar-refractivity contribution in [3.05, 3.63) is 47.0 Å². The molecule has 0 saturated heterocycles. The Morgan fingerprint density at radius 1 is 0.750 bits per heavy atom. The molecule has 0 heterocycles. The number of hydrogen-bond donors (Lipinski definition) is 2. The van der Waals surface area contributed by atoms with Crippen molar-refractivity contribution >= 4 is 0 Å². The van der Waals surface area contributed by atoms with Crippen molar-refractivity contribution in [2.45, 2.75) is 40.0 Å². The Balaban J connectivity index is 2.66. The van der Waals surface area contributed by atoms with Crippen molar-refractivity contribution < 1.29 is 10.2 Å². The van der Waals surface area contributed by atoms with Gasteiger partial charge in [-0.3, -0.25) is 0 Å². The molecule has 2 N–H and O–H groups in total. The fourth-order valence-electron chi connectivity index (χ4n) is 2.60. The van der Waals surface area contributed by atoms with Crippen LogP contribution in [-0.4, -0.2) is 10.2 Å². The van der Waals surface area contributed by atoms with Crippen LogP contribution in [0.3, 0.4) is 0 Å². The lowest BCUT2D eigenvalue weighted by Crippen LogP contribution is -1.93. The molecule has 0 aliphatic heterocycles. The third-order valence-electron chi connectivity index (χ3n) is 3.74. The van der Waals surface area contributed by atoms with E-state index in [1.165, 1.54) is 17.2 Å². The molecule has 0 saturated carbocycles. The van der Waals surface area contributed by atoms with Gasteiger partial charge in [0.15, 0.2) is 0 Å². The van der Waals surface area contributed by atoms with Crippen LogP contribution in [-0.2, 0) is 19.3 Å². The smallest absolute Gasteiger partial charge is 0.123 e. The first-order chi connectivity index (χ1) is 9.58. The van der Waals surface area contributed by atoms with Crippen LogP contribution in [0.1, 0.15) is 37.5 Å². The van der Waals surface area contributed by atoms with Gasteiger partial charge in [-0.15, -0.1) is 0 Å². The molecular weight excluding hydrogens is 248 g/mol. The van der Waals surface area contributed by atoms with Gasteiger partial charge in [0.2, 0.25) is 0 Å². The van der Waals surface area contributed by atoms with Crippen LogP contribution < -0.4 is 0 Å². The van der Waals surface area contributed by atoms with Crippen molar-refractivity contribution in [2.24, 2.45) is 0 Å². The highest BCUT2D eigenvalue weighted by molar-refractivity contribution is 5.73. The van der Waals surface area contributed by atoms with Crippen molar-refractivity contribution in [1.29, 1.82) is 0 Å². The second-order valence-corrected chi connectivity index (χ2v) is 5.09. The summed E-state index contributed by atoms with van der Waals surface area (Å²) in [6.45, 7) is 6.29. The molecule has 106 valence electrons. The normalized spacial score (nSPS) is 10.8. The average molecular weight is 270 g/mol. The van der Waals surface area contributed by atoms with Gasteiger partial charge >= 0.3 is 0 Å². The van der Waals surface area contributed by atoms with Crippen LogP contribution in [0.25, 0.3) is 11.1 Å². The molecule has 0 atom stereocenters. The first-order valence-corrected chi connectivity index (χ1v) is 7.27. The molecule has 0 spiro atoms. The van der Waals surface area contributed by atoms with E-state index < -0.39 is 0 Å². The number of phenols is 2. The summed E-state index contributed by atoms with van der Waals surface area (Å²) in [5.41, 5.74) is 5.45. The molecule has 0 fully saturated rings. The summed E-state index contributed by atoms with van der Waals surface area (Å²) < 4.78 is 0. The Morgan fingerprint density at radius 2 is 1.35 bits per heavy atom. The van der Waals surface area contributed by atoms with Gasteiger partial charge in [-0.2, -0.15) is 0 Å². The molecule has 2 aromatic rings. The van der Waals surface area contributed by atoms with E-state index in [0.29, 0.717) is 0 Å². The molecule has 2 rings (SSSR count). The van der Waals surface area contributed by atoms with Crippen molar-refractivity contribution in [3.63, 3.8) is 0 Å². The predicted octanol–water partition coefficient (Wildman–Crippen LogP) is 4.45. The maximum Gasteiger partial charge on any atom is 0.123 e. The van der Waals surface area contributed by atoms with E-state index in [0.717, 1.165) is 36.0 Å². The van der Waals surface area contributed by atoms with Gasteiger partial charge in [0.1, 0.15) is 11.5 Å². The van der Waals surface area contributed by atoms with Crippen LogP contribution in [0.15, 0.2) is 30.3 Å². The third kappa shape index (κ3) is 2.79. The third-order valence-corrected chi connectivity index (χ3v) is 3.74. The molecule has 0 aromatic heterocycles. The number of benzene rings is 2. The molecule has 20 heavy (non-hydrogen) atoms. The van der Waals surface area contributed by atoms with E-state index >= 15 is 0 Å². The van der Waals surface area contributed by atoms with Gasteiger partial charge in [-0.05, 0) is 47.6 Å². The molecule has 0 unspecified atom stereocenters. The number of hydrogen-bond acceptors (Lipinski definition) is 2. The van der Waals surface area contributed by atoms with E-state index in [9.17, 15) is 10.2 Å². The standard InChI is InChI=1S/C18H22O2/c1-4-12-7-13(5-2)9-14(8-12)17-10-15(19)11-18(20)16(17)6-3/h7-11,19-20H,4-6H2,1-3H3. The lowest BCUT2D eigenvalue weighted by molar-refractivity contribution is 0.447. The van der Waals surface area contributed by atoms with Crippen molar-refractivity contribution in [2.75, 3.05) is 0 Å². The van der Waals surface area contributed by atoms with Crippen LogP contribution in [0, 0.1) is 0 Å². The maximum absolute atomic E-state index is 10.0. The summed E-state index contributed by atoms with van der Waals surface area (Å²) in [5, 5.41) is 19.8. The first-order valence-electron chi connectivity index (χ1n) is 7.27. The zero-order valence-corrected chi connectivity index (χ0v) is 12.4. The SMILES string of the molecule is CCc1cc(CC)cc(-c2cc(O)cc(O)c2CC)c1. The molecule has 2 nitrogen and oxygen atoms in total. The Morgan fingerprint density at radius 3 is 1.85 bits per heavy atom. The van der Waals surface area contributed by atoms with E-state index in [4.69, 9.17) is 0 Å². The van der Waals surface area contributed by atoms with Crippen LogP contribution in [0.5, 0.6) is 11.5 Å². The Bertz CT molecular complexity index is 593. The lowest BCUT2D eigenvalue weighted by atomic mass is 9.93. The minimum atomic E-state index is 0.106. The molecule has 2 heteroatoms. The van der Waals surface area contributed by atoms with Gasteiger partial charge in [0.25, 0.3) is 0 Å². The quantitative estimate of drug-likeness (QED) is 0.861. The zero-order chi connectivity index (χ0) is 14.7. The van der Waals surface area contributed by atoms with E-state index in [-0.39, 0.29) is 11.5 Å². The van der Waals surface area contributed by atoms with Crippen molar-refractivity contribution in [3.8, 4) is 22.6 Å². The van der Waals surface area contributed by atoms with Crippen LogP contribution in [0.2, 0.25) is 0 Å². The van der Waals surface area contributed by atoms with E-state index in [1.54, 1.807) is 6.07 Å². The molecule has 0 radical (unpaired) electrons. The molecular formula is C18H22O2. The summed E-state index contributed by atoms with van der Waals surface area (Å²) in [4.78, 5) is 0. The summed E-state index contributed by atoms with van der Waals surface area (Å²) in [5.74, 6) is 0.275. The predicted molar refractivity (Wildman–Crippen MR) is 83.3 cm³/mol. The highest BCUT2D eigenvalue weighted by Crippen LogP contribution is 2.35. The number of phenolic OH excluding ortho intramolecular Hbond substituents is 2. The Hall–Kier alpha value is -1.96. The summed E-state index contributed by atoms with van der Waals surface area (Å²) in [6.07, 6.45) is 2.69. The first kappa shape index (κ1) is 14.4. The van der Waals surface area contributed by atoms with Gasteiger partial charge in [0.05, 0.1) is 0 Å². The molecule has 0 aliphatic carbocycles. The van der Waals surface area contributed by atoms with Gasteiger partial charge < -0.3 is 10.2 Å². The highest BCUT2D eigenvalue weighted by Gasteiger charge is 2.12. The maximum atomic E-state index is 10.0. The topological polar surface area (TPSA) is 40.5 Å². The number of aromatic hydroxyl groups is 2. The minimum Gasteiger partial charge on any atom is -0.508 e. The second-order valence-electron chi connectivity index (χ2n) is 5.09. The monoisotopic (exact) mass is 270 g/mol. The van der Waals surface area contributed by atoms with Crippen LogP contribution >= 0.6 is 0 Å². The molecule has 0 bridgehead atoms. The molecule has 0 amide bonds. The van der Waals surface area contributed by atoms with Gasteiger partial charge in [0, 0.05) is 11.6 Å². The summed E-state index contributed by atoms with van der Waals surface area (Å²) in [7, 11) is 0. The highest BCUT2D eigenvalue weighted by atomic mass is 16.3. The van der Waals surface area contributed by atoms with Gasteiger partial charge in [-0.25, -0.2) is 0 Å². The second kappa shape index (κ2) is 6.00. The average Bonchev–Trinajstić information content (AvgIpc) is 2.45. The minimum absolute atomic E-state index is 0.106. The van der Waals surface area contributed by atoms with E-state index in [1.807, 2.05) is 6.92 Å². The Labute approximate surface area is 120 Å². The van der Waals surface area contributed by atoms with Gasteiger partial charge in [-0.1, -0.05) is 39.0 Å². The molecule has 2 aromatic carbocycles. The van der Waals surface area contributed by atoms with Crippen molar-refractivity contribution in [1.82, 2.24) is 0 Å². The largest absolute Gasteiger partial charge is 0.508 e. The van der Waals surface area contributed by atoms with Crippen LogP contribution in [0.4, 0.5) is 0 Å². The molecule has 0 aliphatic rings. The summed E-state index contributed by atoms with van der Waals surface area (Å²) in [6, 6.07) is 9.66. The van der Waals surface area contributed by atoms with E-state index in [2.05, 4.69) is 32.0 Å². The number of aryl methyl sites for hydroxylation is 2. The zero-order valence-electron chi connectivity index (χ0n) is 12.4. The fourth-order valence-corrected chi connectivity index (χ4v) is 2.60. The Kier molecular flexibility index (Phi) is 4.33.